The third-order valence-electron chi connectivity index (χ3n) is 1.51. The Kier molecular flexibility index (Phi) is 5.32. The normalized spacial score (nSPS) is 14.4. The van der Waals surface area contributed by atoms with Crippen LogP contribution < -0.4 is 11.5 Å². The van der Waals surface area contributed by atoms with Crippen molar-refractivity contribution < 1.29 is 9.90 Å². The van der Waals surface area contributed by atoms with Crippen LogP contribution in [-0.4, -0.2) is 24.2 Å². The molecule has 5 N–H and O–H groups in total. The van der Waals surface area contributed by atoms with Gasteiger partial charge in [0.05, 0.1) is 0 Å². The van der Waals surface area contributed by atoms with Gasteiger partial charge in [0, 0.05) is 5.57 Å². The van der Waals surface area contributed by atoms with E-state index in [2.05, 4.69) is 0 Å². The van der Waals surface area contributed by atoms with E-state index < -0.39 is 5.97 Å². The van der Waals surface area contributed by atoms with Crippen LogP contribution in [-0.2, 0) is 4.79 Å². The smallest absolute Gasteiger partial charge is 0.330 e. The van der Waals surface area contributed by atoms with Gasteiger partial charge in [0.15, 0.2) is 0 Å². The second-order valence-electron chi connectivity index (χ2n) is 2.53. The monoisotopic (exact) mass is 171 g/mol. The molecule has 0 fully saturated rings. The minimum atomic E-state index is -0.918. The zero-order valence-electron chi connectivity index (χ0n) is 7.16. The molecule has 4 heteroatoms. The van der Waals surface area contributed by atoms with Gasteiger partial charge in [0.25, 0.3) is 0 Å². The molecule has 69 valence electrons. The van der Waals surface area contributed by atoms with Crippen LogP contribution in [0.1, 0.15) is 6.92 Å². The highest BCUT2D eigenvalue weighted by atomic mass is 16.4. The molecule has 0 rings (SSSR count). The molecule has 0 spiro atoms. The third-order valence-corrected chi connectivity index (χ3v) is 1.51. The van der Waals surface area contributed by atoms with Gasteiger partial charge in [-0.15, -0.1) is 0 Å². The second-order valence-corrected chi connectivity index (χ2v) is 2.53. The fourth-order valence-corrected chi connectivity index (χ4v) is 0.800. The summed E-state index contributed by atoms with van der Waals surface area (Å²) < 4.78 is 0. The summed E-state index contributed by atoms with van der Waals surface area (Å²) in [6, 6.07) is 0. The van der Waals surface area contributed by atoms with Gasteiger partial charge in [-0.2, -0.15) is 0 Å². The number of carboxylic acid groups (broad SMARTS) is 1. The molecule has 0 aliphatic rings. The molecule has 0 aromatic carbocycles. The molecule has 12 heavy (non-hydrogen) atoms. The van der Waals surface area contributed by atoms with E-state index >= 15 is 0 Å². The lowest BCUT2D eigenvalue weighted by molar-refractivity contribution is -0.132. The van der Waals surface area contributed by atoms with Crippen molar-refractivity contribution in [1.29, 1.82) is 0 Å². The lowest BCUT2D eigenvalue weighted by Crippen LogP contribution is -2.18. The number of nitrogens with two attached hydrogens (primary N) is 2. The highest BCUT2D eigenvalue weighted by Gasteiger charge is 2.06. The first-order valence-electron chi connectivity index (χ1n) is 3.77. The van der Waals surface area contributed by atoms with Crippen molar-refractivity contribution in [3.63, 3.8) is 0 Å². The van der Waals surface area contributed by atoms with E-state index in [1.807, 2.05) is 0 Å². The Balaban J connectivity index is 4.14. The number of aliphatic carboxylic acids is 1. The van der Waals surface area contributed by atoms with E-state index in [0.717, 1.165) is 0 Å². The highest BCUT2D eigenvalue weighted by Crippen LogP contribution is 2.04. The minimum Gasteiger partial charge on any atom is -0.478 e. The van der Waals surface area contributed by atoms with Gasteiger partial charge in [-0.3, -0.25) is 0 Å². The molecule has 0 heterocycles. The maximum atomic E-state index is 10.4. The van der Waals surface area contributed by atoms with Crippen molar-refractivity contribution in [2.24, 2.45) is 17.4 Å². The van der Waals surface area contributed by atoms with Gasteiger partial charge in [0.2, 0.25) is 0 Å². The summed E-state index contributed by atoms with van der Waals surface area (Å²) >= 11 is 0. The molecule has 0 saturated heterocycles. The van der Waals surface area contributed by atoms with E-state index in [1.165, 1.54) is 6.92 Å². The molecule has 1 atom stereocenters. The predicted molar refractivity (Wildman–Crippen MR) is 47.3 cm³/mol. The molecule has 0 aliphatic carbocycles. The molecule has 0 aromatic rings. The summed E-state index contributed by atoms with van der Waals surface area (Å²) in [5.41, 5.74) is 11.0. The standard InChI is InChI=1S/C8H15N2O2/c1-6(8(11)12)4-7(5-10)2-3-9/h2,4,7H,3,5,9-10H2,1H3,(H,11,12). The van der Waals surface area contributed by atoms with Crippen molar-refractivity contribution in [2.45, 2.75) is 6.92 Å². The Morgan fingerprint density at radius 1 is 1.58 bits per heavy atom. The van der Waals surface area contributed by atoms with Crippen LogP contribution >= 0.6 is 0 Å². The van der Waals surface area contributed by atoms with Crippen LogP contribution in [0.5, 0.6) is 0 Å². The van der Waals surface area contributed by atoms with Gasteiger partial charge in [-0.1, -0.05) is 6.08 Å². The zero-order valence-corrected chi connectivity index (χ0v) is 7.16. The van der Waals surface area contributed by atoms with Gasteiger partial charge in [-0.25, -0.2) is 4.79 Å². The number of carbonyl (C=O) groups is 1. The molecule has 0 aliphatic heterocycles. The SMILES string of the molecule is CC(=CC([CH]CN)CN)C(=O)O. The summed E-state index contributed by atoms with van der Waals surface area (Å²) in [7, 11) is 0. The van der Waals surface area contributed by atoms with Gasteiger partial charge in [-0.05, 0) is 32.4 Å². The average Bonchev–Trinajstić information content (AvgIpc) is 2.03. The number of carboxylic acids is 1. The molecular weight excluding hydrogens is 156 g/mol. The zero-order chi connectivity index (χ0) is 9.56. The Bertz CT molecular complexity index is 178. The van der Waals surface area contributed by atoms with Crippen molar-refractivity contribution in [2.75, 3.05) is 13.1 Å². The van der Waals surface area contributed by atoms with Crippen LogP contribution in [0.25, 0.3) is 0 Å². The first-order chi connectivity index (χ1) is 5.61. The number of rotatable bonds is 5. The summed E-state index contributed by atoms with van der Waals surface area (Å²) in [5.74, 6) is -0.954. The third kappa shape index (κ3) is 4.10. The van der Waals surface area contributed by atoms with E-state index in [4.69, 9.17) is 16.6 Å². The van der Waals surface area contributed by atoms with Crippen molar-refractivity contribution in [3.05, 3.63) is 18.1 Å². The van der Waals surface area contributed by atoms with Crippen LogP contribution in [0.4, 0.5) is 0 Å². The molecule has 1 unspecified atom stereocenters. The molecular formula is C8H15N2O2. The fourth-order valence-electron chi connectivity index (χ4n) is 0.800. The molecule has 1 radical (unpaired) electrons. The molecule has 0 saturated carbocycles. The summed E-state index contributed by atoms with van der Waals surface area (Å²) in [5, 5.41) is 8.54. The van der Waals surface area contributed by atoms with E-state index in [1.54, 1.807) is 12.5 Å². The van der Waals surface area contributed by atoms with Gasteiger partial charge < -0.3 is 16.6 Å². The maximum Gasteiger partial charge on any atom is 0.330 e. The molecule has 0 bridgehead atoms. The Labute approximate surface area is 72.2 Å². The Hall–Kier alpha value is -0.870. The Morgan fingerprint density at radius 3 is 2.50 bits per heavy atom. The quantitative estimate of drug-likeness (QED) is 0.498. The first-order valence-corrected chi connectivity index (χ1v) is 3.77. The molecule has 0 amide bonds. The van der Waals surface area contributed by atoms with E-state index in [9.17, 15) is 4.79 Å². The Morgan fingerprint density at radius 2 is 2.17 bits per heavy atom. The average molecular weight is 171 g/mol. The predicted octanol–water partition coefficient (Wildman–Crippen LogP) is -0.245. The number of hydrogen-bond donors (Lipinski definition) is 3. The van der Waals surface area contributed by atoms with Gasteiger partial charge >= 0.3 is 5.97 Å². The van der Waals surface area contributed by atoms with Crippen LogP contribution in [0.15, 0.2) is 11.6 Å². The molecule has 4 nitrogen and oxygen atoms in total. The van der Waals surface area contributed by atoms with Crippen LogP contribution in [0.3, 0.4) is 0 Å². The fraction of sp³-hybridized carbons (Fsp3) is 0.500. The van der Waals surface area contributed by atoms with Crippen molar-refractivity contribution >= 4 is 5.97 Å². The van der Waals surface area contributed by atoms with Crippen LogP contribution in [0.2, 0.25) is 0 Å². The van der Waals surface area contributed by atoms with Gasteiger partial charge in [0.1, 0.15) is 0 Å². The topological polar surface area (TPSA) is 89.3 Å². The maximum absolute atomic E-state index is 10.4. The summed E-state index contributed by atoms with van der Waals surface area (Å²) in [4.78, 5) is 10.4. The summed E-state index contributed by atoms with van der Waals surface area (Å²) in [6.45, 7) is 2.34. The van der Waals surface area contributed by atoms with Crippen molar-refractivity contribution in [1.82, 2.24) is 0 Å². The second kappa shape index (κ2) is 5.74. The van der Waals surface area contributed by atoms with Crippen molar-refractivity contribution in [3.8, 4) is 0 Å². The largest absolute Gasteiger partial charge is 0.478 e. The lowest BCUT2D eigenvalue weighted by Gasteiger charge is -2.07. The summed E-state index contributed by atoms with van der Waals surface area (Å²) in [6.07, 6.45) is 3.39. The first kappa shape index (κ1) is 11.1. The number of hydrogen-bond acceptors (Lipinski definition) is 3. The van der Waals surface area contributed by atoms with Crippen LogP contribution in [0, 0.1) is 12.3 Å². The lowest BCUT2D eigenvalue weighted by atomic mass is 10.0. The molecule has 0 aromatic heterocycles. The van der Waals surface area contributed by atoms with E-state index in [-0.39, 0.29) is 5.92 Å². The highest BCUT2D eigenvalue weighted by molar-refractivity contribution is 5.85. The van der Waals surface area contributed by atoms with E-state index in [0.29, 0.717) is 18.7 Å². The minimum absolute atomic E-state index is 0.0360.